The van der Waals surface area contributed by atoms with E-state index in [2.05, 4.69) is 0 Å². The maximum Gasteiger partial charge on any atom is 0.270 e. The lowest BCUT2D eigenvalue weighted by molar-refractivity contribution is -0.384. The van der Waals surface area contributed by atoms with Crippen molar-refractivity contribution in [1.82, 2.24) is 0 Å². The SMILES string of the molecule is N#CCC(C(=O)c1cccc([N+](=O)[O-])c1)c1ccccc1. The van der Waals surface area contributed by atoms with E-state index in [0.29, 0.717) is 0 Å². The first-order chi connectivity index (χ1) is 10.1. The van der Waals surface area contributed by atoms with Crippen molar-refractivity contribution in [2.75, 3.05) is 0 Å². The number of nitriles is 1. The van der Waals surface area contributed by atoms with Crippen LogP contribution in [0.5, 0.6) is 0 Å². The zero-order valence-corrected chi connectivity index (χ0v) is 11.1. The summed E-state index contributed by atoms with van der Waals surface area (Å²) in [4.78, 5) is 22.8. The number of carbonyl (C=O) groups excluding carboxylic acids is 1. The van der Waals surface area contributed by atoms with Gasteiger partial charge < -0.3 is 0 Å². The van der Waals surface area contributed by atoms with Gasteiger partial charge in [-0.2, -0.15) is 5.26 Å². The lowest BCUT2D eigenvalue weighted by Gasteiger charge is -2.13. The third-order valence-corrected chi connectivity index (χ3v) is 3.16. The van der Waals surface area contributed by atoms with Crippen LogP contribution in [0.4, 0.5) is 5.69 Å². The molecule has 0 saturated carbocycles. The van der Waals surface area contributed by atoms with Gasteiger partial charge in [0.15, 0.2) is 5.78 Å². The molecular formula is C16H12N2O3. The fourth-order valence-corrected chi connectivity index (χ4v) is 2.11. The highest BCUT2D eigenvalue weighted by Crippen LogP contribution is 2.25. The molecule has 0 fully saturated rings. The first-order valence-electron chi connectivity index (χ1n) is 6.34. The molecule has 0 radical (unpaired) electrons. The fraction of sp³-hybridized carbons (Fsp3) is 0.125. The molecule has 0 N–H and O–H groups in total. The van der Waals surface area contributed by atoms with E-state index in [1.54, 1.807) is 24.3 Å². The second-order valence-corrected chi connectivity index (χ2v) is 4.50. The van der Waals surface area contributed by atoms with Crippen molar-refractivity contribution in [3.63, 3.8) is 0 Å². The topological polar surface area (TPSA) is 84.0 Å². The number of hydrogen-bond acceptors (Lipinski definition) is 4. The van der Waals surface area contributed by atoms with Gasteiger partial charge in [0, 0.05) is 24.1 Å². The number of rotatable bonds is 5. The number of carbonyl (C=O) groups is 1. The van der Waals surface area contributed by atoms with Gasteiger partial charge in [-0.1, -0.05) is 42.5 Å². The Hall–Kier alpha value is -3.00. The number of Topliss-reactive ketones (excluding diaryl/α,β-unsaturated/α-hetero) is 1. The molecule has 5 nitrogen and oxygen atoms in total. The van der Waals surface area contributed by atoms with Crippen molar-refractivity contribution in [2.24, 2.45) is 0 Å². The molecule has 0 aliphatic carbocycles. The Balaban J connectivity index is 2.38. The van der Waals surface area contributed by atoms with Crippen LogP contribution in [0.2, 0.25) is 0 Å². The molecule has 104 valence electrons. The number of nitro benzene ring substituents is 1. The van der Waals surface area contributed by atoms with Gasteiger partial charge in [-0.15, -0.1) is 0 Å². The number of ketones is 1. The third-order valence-electron chi connectivity index (χ3n) is 3.16. The predicted octanol–water partition coefficient (Wildman–Crippen LogP) is 3.47. The quantitative estimate of drug-likeness (QED) is 0.477. The highest BCUT2D eigenvalue weighted by Gasteiger charge is 2.23. The van der Waals surface area contributed by atoms with Crippen molar-refractivity contribution in [3.8, 4) is 6.07 Å². The molecular weight excluding hydrogens is 268 g/mol. The molecule has 0 bridgehead atoms. The van der Waals surface area contributed by atoms with Crippen molar-refractivity contribution >= 4 is 11.5 Å². The summed E-state index contributed by atoms with van der Waals surface area (Å²) in [6, 6.07) is 16.5. The Kier molecular flexibility index (Phi) is 4.42. The smallest absolute Gasteiger partial charge is 0.270 e. The molecule has 21 heavy (non-hydrogen) atoms. The van der Waals surface area contributed by atoms with Crippen LogP contribution in [0.1, 0.15) is 28.3 Å². The Morgan fingerprint density at radius 1 is 1.19 bits per heavy atom. The fourth-order valence-electron chi connectivity index (χ4n) is 2.11. The van der Waals surface area contributed by atoms with Crippen molar-refractivity contribution in [2.45, 2.75) is 12.3 Å². The number of non-ortho nitro benzene ring substituents is 1. The molecule has 2 aromatic rings. The van der Waals surface area contributed by atoms with E-state index < -0.39 is 10.8 Å². The average Bonchev–Trinajstić information content (AvgIpc) is 2.53. The summed E-state index contributed by atoms with van der Waals surface area (Å²) in [5, 5.41) is 19.7. The van der Waals surface area contributed by atoms with Gasteiger partial charge in [-0.3, -0.25) is 14.9 Å². The molecule has 1 atom stereocenters. The van der Waals surface area contributed by atoms with Crippen LogP contribution in [0.25, 0.3) is 0 Å². The minimum Gasteiger partial charge on any atom is -0.293 e. The van der Waals surface area contributed by atoms with E-state index in [9.17, 15) is 14.9 Å². The number of hydrogen-bond donors (Lipinski definition) is 0. The molecule has 0 aliphatic rings. The van der Waals surface area contributed by atoms with Crippen molar-refractivity contribution in [1.29, 1.82) is 5.26 Å². The lowest BCUT2D eigenvalue weighted by atomic mass is 9.88. The Morgan fingerprint density at radius 3 is 2.52 bits per heavy atom. The molecule has 1 unspecified atom stereocenters. The normalized spacial score (nSPS) is 11.4. The third kappa shape index (κ3) is 3.31. The van der Waals surface area contributed by atoms with Crippen LogP contribution in [-0.4, -0.2) is 10.7 Å². The zero-order chi connectivity index (χ0) is 15.2. The van der Waals surface area contributed by atoms with Gasteiger partial charge in [0.2, 0.25) is 0 Å². The highest BCUT2D eigenvalue weighted by atomic mass is 16.6. The minimum absolute atomic E-state index is 0.0333. The molecule has 0 saturated heterocycles. The van der Waals surface area contributed by atoms with Gasteiger partial charge in [0.1, 0.15) is 0 Å². The summed E-state index contributed by atoms with van der Waals surface area (Å²) in [5.74, 6) is -0.898. The Bertz CT molecular complexity index is 705. The molecule has 2 rings (SSSR count). The average molecular weight is 280 g/mol. The van der Waals surface area contributed by atoms with E-state index in [1.165, 1.54) is 24.3 Å². The molecule has 0 spiro atoms. The number of benzene rings is 2. The van der Waals surface area contributed by atoms with Gasteiger partial charge in [-0.05, 0) is 5.56 Å². The maximum absolute atomic E-state index is 12.5. The van der Waals surface area contributed by atoms with Crippen LogP contribution < -0.4 is 0 Å². The predicted molar refractivity (Wildman–Crippen MR) is 76.8 cm³/mol. The summed E-state index contributed by atoms with van der Waals surface area (Å²) < 4.78 is 0. The Morgan fingerprint density at radius 2 is 1.90 bits per heavy atom. The monoisotopic (exact) mass is 280 g/mol. The highest BCUT2D eigenvalue weighted by molar-refractivity contribution is 6.01. The maximum atomic E-state index is 12.5. The summed E-state index contributed by atoms with van der Waals surface area (Å²) in [6.07, 6.45) is 0.0333. The molecule has 0 heterocycles. The van der Waals surface area contributed by atoms with Crippen LogP contribution in [0.15, 0.2) is 54.6 Å². The van der Waals surface area contributed by atoms with E-state index in [0.717, 1.165) is 5.56 Å². The second kappa shape index (κ2) is 6.44. The van der Waals surface area contributed by atoms with E-state index >= 15 is 0 Å². The summed E-state index contributed by atoms with van der Waals surface area (Å²) in [5.41, 5.74) is 0.841. The van der Waals surface area contributed by atoms with Crippen LogP contribution >= 0.6 is 0 Å². The Labute approximate surface area is 121 Å². The summed E-state index contributed by atoms with van der Waals surface area (Å²) in [7, 11) is 0. The largest absolute Gasteiger partial charge is 0.293 e. The van der Waals surface area contributed by atoms with E-state index in [-0.39, 0.29) is 23.5 Å². The summed E-state index contributed by atoms with van der Waals surface area (Å²) >= 11 is 0. The molecule has 0 amide bonds. The number of nitrogens with zero attached hydrogens (tertiary/aromatic N) is 2. The van der Waals surface area contributed by atoms with Crippen molar-refractivity contribution < 1.29 is 9.72 Å². The molecule has 0 aliphatic heterocycles. The van der Waals surface area contributed by atoms with Crippen LogP contribution in [0.3, 0.4) is 0 Å². The van der Waals surface area contributed by atoms with Gasteiger partial charge >= 0.3 is 0 Å². The minimum atomic E-state index is -0.613. The van der Waals surface area contributed by atoms with E-state index in [4.69, 9.17) is 5.26 Å². The van der Waals surface area contributed by atoms with E-state index in [1.807, 2.05) is 12.1 Å². The van der Waals surface area contributed by atoms with Gasteiger partial charge in [-0.25, -0.2) is 0 Å². The van der Waals surface area contributed by atoms with Gasteiger partial charge in [0.05, 0.1) is 16.9 Å². The molecule has 0 aromatic heterocycles. The summed E-state index contributed by atoms with van der Waals surface area (Å²) in [6.45, 7) is 0. The zero-order valence-electron chi connectivity index (χ0n) is 11.1. The molecule has 5 heteroatoms. The first kappa shape index (κ1) is 14.4. The molecule has 2 aromatic carbocycles. The first-order valence-corrected chi connectivity index (χ1v) is 6.34. The number of nitro groups is 1. The lowest BCUT2D eigenvalue weighted by Crippen LogP contribution is -2.12. The van der Waals surface area contributed by atoms with Crippen LogP contribution in [-0.2, 0) is 0 Å². The second-order valence-electron chi connectivity index (χ2n) is 4.50. The van der Waals surface area contributed by atoms with Crippen molar-refractivity contribution in [3.05, 3.63) is 75.8 Å². The standard InChI is InChI=1S/C16H12N2O3/c17-10-9-15(12-5-2-1-3-6-12)16(19)13-7-4-8-14(11-13)18(20)21/h1-8,11,15H,9H2. The van der Waals surface area contributed by atoms with Crippen LogP contribution in [0, 0.1) is 21.4 Å². The van der Waals surface area contributed by atoms with Gasteiger partial charge in [0.25, 0.3) is 5.69 Å².